The van der Waals surface area contributed by atoms with Crippen LogP contribution in [0.2, 0.25) is 0 Å². The summed E-state index contributed by atoms with van der Waals surface area (Å²) < 4.78 is 5.25. The molecule has 120 valence electrons. The zero-order valence-corrected chi connectivity index (χ0v) is 13.9. The lowest BCUT2D eigenvalue weighted by Gasteiger charge is -2.25. The monoisotopic (exact) mass is 337 g/mol. The molecule has 4 nitrogen and oxygen atoms in total. The Morgan fingerprint density at radius 1 is 1.17 bits per heavy atom. The molecule has 0 bridgehead atoms. The number of hydrogen-bond acceptors (Lipinski definition) is 5. The number of nitrogens with one attached hydrogen (secondary N) is 1. The van der Waals surface area contributed by atoms with Gasteiger partial charge in [0.2, 0.25) is 11.3 Å². The standard InChI is InChI=1S/C19H15NO3S/c1-2-23-18(22)19(15-8-5-11-24-15)17(21)14-10-9-12-6-3-4-7-13(12)16(14)20-19/h3-11,20H,2H2,1H3/t19-/m1/s1. The summed E-state index contributed by atoms with van der Waals surface area (Å²) in [5.41, 5.74) is -0.272. The molecule has 1 aliphatic rings. The number of carbonyl (C=O) groups is 2. The predicted molar refractivity (Wildman–Crippen MR) is 94.5 cm³/mol. The van der Waals surface area contributed by atoms with Crippen LogP contribution >= 0.6 is 11.3 Å². The van der Waals surface area contributed by atoms with Crippen molar-refractivity contribution in [2.24, 2.45) is 0 Å². The van der Waals surface area contributed by atoms with Gasteiger partial charge in [-0.1, -0.05) is 36.4 Å². The van der Waals surface area contributed by atoms with E-state index in [0.29, 0.717) is 16.1 Å². The second kappa shape index (κ2) is 5.46. The number of ketones is 1. The lowest BCUT2D eigenvalue weighted by Crippen LogP contribution is -2.47. The van der Waals surface area contributed by atoms with Crippen molar-refractivity contribution in [3.05, 3.63) is 64.4 Å². The summed E-state index contributed by atoms with van der Waals surface area (Å²) in [4.78, 5) is 26.6. The number of rotatable bonds is 3. The van der Waals surface area contributed by atoms with Crippen LogP contribution in [0.5, 0.6) is 0 Å². The van der Waals surface area contributed by atoms with Gasteiger partial charge >= 0.3 is 5.97 Å². The van der Waals surface area contributed by atoms with E-state index in [9.17, 15) is 9.59 Å². The average Bonchev–Trinajstić information content (AvgIpc) is 3.22. The molecule has 0 saturated carbocycles. The molecule has 4 rings (SSSR count). The number of hydrogen-bond donors (Lipinski definition) is 1. The lowest BCUT2D eigenvalue weighted by molar-refractivity contribution is -0.146. The Kier molecular flexibility index (Phi) is 3.39. The fourth-order valence-corrected chi connectivity index (χ4v) is 4.06. The zero-order valence-electron chi connectivity index (χ0n) is 13.0. The minimum absolute atomic E-state index is 0.220. The van der Waals surface area contributed by atoms with Crippen LogP contribution in [0.3, 0.4) is 0 Å². The van der Waals surface area contributed by atoms with Crippen molar-refractivity contribution in [1.82, 2.24) is 0 Å². The molecule has 0 radical (unpaired) electrons. The van der Waals surface area contributed by atoms with Crippen LogP contribution in [0.4, 0.5) is 5.69 Å². The highest BCUT2D eigenvalue weighted by atomic mass is 32.1. The van der Waals surface area contributed by atoms with Gasteiger partial charge in [-0.05, 0) is 29.8 Å². The number of carbonyl (C=O) groups excluding carboxylic acids is 2. The molecule has 24 heavy (non-hydrogen) atoms. The molecule has 1 aliphatic heterocycles. The number of anilines is 1. The van der Waals surface area contributed by atoms with Crippen molar-refractivity contribution < 1.29 is 14.3 Å². The van der Waals surface area contributed by atoms with E-state index in [1.54, 1.807) is 19.1 Å². The molecule has 0 spiro atoms. The third-order valence-electron chi connectivity index (χ3n) is 4.30. The van der Waals surface area contributed by atoms with E-state index < -0.39 is 11.5 Å². The molecule has 0 amide bonds. The van der Waals surface area contributed by atoms with Gasteiger partial charge < -0.3 is 10.1 Å². The normalized spacial score (nSPS) is 19.1. The summed E-state index contributed by atoms with van der Waals surface area (Å²) in [7, 11) is 0. The number of benzene rings is 2. The van der Waals surface area contributed by atoms with Crippen molar-refractivity contribution in [1.29, 1.82) is 0 Å². The number of thiophene rings is 1. The Morgan fingerprint density at radius 3 is 2.75 bits per heavy atom. The molecule has 1 aromatic heterocycles. The van der Waals surface area contributed by atoms with Gasteiger partial charge in [0.15, 0.2) is 0 Å². The summed E-state index contributed by atoms with van der Waals surface area (Å²) in [5, 5.41) is 7.01. The highest BCUT2D eigenvalue weighted by Gasteiger charge is 2.55. The van der Waals surface area contributed by atoms with E-state index in [2.05, 4.69) is 5.32 Å². The second-order valence-corrected chi connectivity index (χ2v) is 6.56. The summed E-state index contributed by atoms with van der Waals surface area (Å²) in [6, 6.07) is 15.1. The lowest BCUT2D eigenvalue weighted by atomic mass is 9.91. The van der Waals surface area contributed by atoms with Crippen molar-refractivity contribution in [3.8, 4) is 0 Å². The molecule has 2 aromatic carbocycles. The first-order valence-electron chi connectivity index (χ1n) is 7.74. The van der Waals surface area contributed by atoms with Gasteiger partial charge in [0.25, 0.3) is 0 Å². The highest BCUT2D eigenvalue weighted by Crippen LogP contribution is 2.44. The largest absolute Gasteiger partial charge is 0.464 e. The molecule has 0 fully saturated rings. The van der Waals surface area contributed by atoms with Crippen LogP contribution in [0, 0.1) is 0 Å². The number of fused-ring (bicyclic) bond motifs is 3. The first kappa shape index (κ1) is 14.9. The van der Waals surface area contributed by atoms with Crippen LogP contribution in [0.15, 0.2) is 53.9 Å². The SMILES string of the molecule is CCOC(=O)[C@]1(c2cccs2)Nc2c(ccc3ccccc23)C1=O. The topological polar surface area (TPSA) is 55.4 Å². The Labute approximate surface area is 143 Å². The van der Waals surface area contributed by atoms with E-state index in [4.69, 9.17) is 4.74 Å². The van der Waals surface area contributed by atoms with Gasteiger partial charge in [-0.3, -0.25) is 4.79 Å². The Bertz CT molecular complexity index is 948. The van der Waals surface area contributed by atoms with Gasteiger partial charge in [-0.15, -0.1) is 11.3 Å². The minimum atomic E-state index is -1.49. The van der Waals surface area contributed by atoms with Crippen molar-refractivity contribution in [2.75, 3.05) is 11.9 Å². The molecule has 1 N–H and O–H groups in total. The molecule has 2 heterocycles. The zero-order chi connectivity index (χ0) is 16.7. The van der Waals surface area contributed by atoms with Crippen molar-refractivity contribution in [2.45, 2.75) is 12.5 Å². The van der Waals surface area contributed by atoms with Crippen LogP contribution in [-0.4, -0.2) is 18.4 Å². The summed E-state index contributed by atoms with van der Waals surface area (Å²) >= 11 is 1.37. The molecular weight excluding hydrogens is 322 g/mol. The maximum atomic E-state index is 13.2. The molecule has 3 aromatic rings. The van der Waals surface area contributed by atoms with Crippen LogP contribution < -0.4 is 5.32 Å². The fourth-order valence-electron chi connectivity index (χ4n) is 3.19. The van der Waals surface area contributed by atoms with Crippen LogP contribution in [0.1, 0.15) is 22.2 Å². The predicted octanol–water partition coefficient (Wildman–Crippen LogP) is 3.97. The number of ether oxygens (including phenoxy) is 1. The Morgan fingerprint density at radius 2 is 2.00 bits per heavy atom. The van der Waals surface area contributed by atoms with Gasteiger partial charge in [0, 0.05) is 15.8 Å². The maximum Gasteiger partial charge on any atom is 0.345 e. The van der Waals surface area contributed by atoms with Crippen molar-refractivity contribution >= 4 is 39.5 Å². The third-order valence-corrected chi connectivity index (χ3v) is 5.29. The minimum Gasteiger partial charge on any atom is -0.464 e. The average molecular weight is 337 g/mol. The van der Waals surface area contributed by atoms with Gasteiger partial charge in [-0.25, -0.2) is 4.79 Å². The fraction of sp³-hybridized carbons (Fsp3) is 0.158. The molecule has 0 saturated heterocycles. The molecule has 0 aliphatic carbocycles. The molecular formula is C19H15NO3S. The van der Waals surface area contributed by atoms with Crippen molar-refractivity contribution in [3.63, 3.8) is 0 Å². The smallest absolute Gasteiger partial charge is 0.345 e. The van der Waals surface area contributed by atoms with E-state index in [-0.39, 0.29) is 12.4 Å². The number of Topliss-reactive ketones (excluding diaryl/α,β-unsaturated/α-hetero) is 1. The second-order valence-electron chi connectivity index (χ2n) is 5.61. The van der Waals surface area contributed by atoms with E-state index >= 15 is 0 Å². The molecule has 0 unspecified atom stereocenters. The summed E-state index contributed by atoms with van der Waals surface area (Å²) in [6.07, 6.45) is 0. The van der Waals surface area contributed by atoms with Gasteiger partial charge in [-0.2, -0.15) is 0 Å². The molecule has 5 heteroatoms. The van der Waals surface area contributed by atoms with Gasteiger partial charge in [0.1, 0.15) is 0 Å². The maximum absolute atomic E-state index is 13.2. The van der Waals surface area contributed by atoms with Gasteiger partial charge in [0.05, 0.1) is 12.3 Å². The molecule has 1 atom stereocenters. The summed E-state index contributed by atoms with van der Waals surface area (Å²) in [5.74, 6) is -0.818. The van der Waals surface area contributed by atoms with E-state index in [1.807, 2.05) is 41.8 Å². The summed E-state index contributed by atoms with van der Waals surface area (Å²) in [6.45, 7) is 1.96. The van der Waals surface area contributed by atoms with Crippen LogP contribution in [-0.2, 0) is 15.1 Å². The first-order valence-corrected chi connectivity index (χ1v) is 8.62. The quantitative estimate of drug-likeness (QED) is 0.580. The highest BCUT2D eigenvalue weighted by molar-refractivity contribution is 7.10. The third kappa shape index (κ3) is 1.91. The Balaban J connectivity index is 1.96. The van der Waals surface area contributed by atoms with E-state index in [1.165, 1.54) is 11.3 Å². The number of esters is 1. The van der Waals surface area contributed by atoms with Crippen LogP contribution in [0.25, 0.3) is 10.8 Å². The van der Waals surface area contributed by atoms with E-state index in [0.717, 1.165) is 10.8 Å². The first-order chi connectivity index (χ1) is 11.7. The Hall–Kier alpha value is -2.66.